The number of thiazole rings is 2. The molecule has 1 aliphatic carbocycles. The number of hydrogen-bond donors (Lipinski definition) is 1. The van der Waals surface area contributed by atoms with E-state index >= 15 is 0 Å². The molecule has 2 fully saturated rings. The molecule has 27 heavy (non-hydrogen) atoms. The molecule has 3 aromatic rings. The topological polar surface area (TPSA) is 41.1 Å². The number of nitrogens with one attached hydrogen (secondary N) is 1. The van der Waals surface area contributed by atoms with Crippen LogP contribution in [0, 0.1) is 12.3 Å². The summed E-state index contributed by atoms with van der Waals surface area (Å²) >= 11 is 3.57. The third-order valence-corrected chi connectivity index (χ3v) is 7.65. The second kappa shape index (κ2) is 7.76. The Morgan fingerprint density at radius 3 is 2.89 bits per heavy atom. The van der Waals surface area contributed by atoms with E-state index in [4.69, 9.17) is 0 Å². The summed E-state index contributed by atoms with van der Waals surface area (Å²) in [4.78, 5) is 11.8. The van der Waals surface area contributed by atoms with Crippen LogP contribution in [-0.2, 0) is 13.1 Å². The Kier molecular flexibility index (Phi) is 5.54. The van der Waals surface area contributed by atoms with Crippen LogP contribution >= 0.6 is 35.1 Å². The first-order valence-corrected chi connectivity index (χ1v) is 11.1. The summed E-state index contributed by atoms with van der Waals surface area (Å²) in [6.07, 6.45) is 5.91. The van der Waals surface area contributed by atoms with Crippen molar-refractivity contribution in [3.63, 3.8) is 0 Å². The van der Waals surface area contributed by atoms with E-state index < -0.39 is 0 Å². The van der Waals surface area contributed by atoms with Crippen LogP contribution < -0.4 is 5.32 Å². The first kappa shape index (κ1) is 19.3. The van der Waals surface area contributed by atoms with Crippen molar-refractivity contribution in [1.82, 2.24) is 20.2 Å². The highest BCUT2D eigenvalue weighted by Crippen LogP contribution is 2.56. The van der Waals surface area contributed by atoms with Crippen LogP contribution in [0.25, 0.3) is 10.2 Å². The van der Waals surface area contributed by atoms with Gasteiger partial charge in [0.1, 0.15) is 5.01 Å². The molecule has 1 unspecified atom stereocenters. The summed E-state index contributed by atoms with van der Waals surface area (Å²) in [6, 6.07) is 7.48. The third kappa shape index (κ3) is 3.91. The van der Waals surface area contributed by atoms with Crippen LogP contribution in [0.5, 0.6) is 0 Å². The lowest BCUT2D eigenvalue weighted by atomic mass is 9.93. The zero-order valence-corrected chi connectivity index (χ0v) is 17.9. The van der Waals surface area contributed by atoms with Crippen molar-refractivity contribution in [3.8, 4) is 0 Å². The van der Waals surface area contributed by atoms with Gasteiger partial charge >= 0.3 is 0 Å². The minimum Gasteiger partial charge on any atom is -0.317 e. The molecule has 0 radical (unpaired) electrons. The molecule has 4 nitrogen and oxygen atoms in total. The van der Waals surface area contributed by atoms with Gasteiger partial charge in [-0.2, -0.15) is 0 Å². The molecule has 1 aromatic carbocycles. The fourth-order valence-corrected chi connectivity index (χ4v) is 6.03. The number of aromatic nitrogens is 2. The van der Waals surface area contributed by atoms with Crippen molar-refractivity contribution >= 4 is 45.3 Å². The van der Waals surface area contributed by atoms with E-state index in [1.54, 1.807) is 22.7 Å². The SMILES string of the molecule is Cc1nc2ccc(CN(Cc3nccs3)C3CC34CCNCC4)cc2s1.Cl. The smallest absolute Gasteiger partial charge is 0.107 e. The molecule has 1 spiro atoms. The second-order valence-corrected chi connectivity index (χ2v) is 9.91. The fourth-order valence-electron chi connectivity index (χ4n) is 4.50. The monoisotopic (exact) mass is 420 g/mol. The van der Waals surface area contributed by atoms with E-state index in [1.165, 1.54) is 47.6 Å². The lowest BCUT2D eigenvalue weighted by molar-refractivity contribution is 0.188. The molecular formula is C20H25ClN4S2. The van der Waals surface area contributed by atoms with E-state index in [0.29, 0.717) is 11.5 Å². The zero-order valence-electron chi connectivity index (χ0n) is 15.5. The van der Waals surface area contributed by atoms with Gasteiger partial charge in [0, 0.05) is 24.2 Å². The predicted molar refractivity (Wildman–Crippen MR) is 116 cm³/mol. The second-order valence-electron chi connectivity index (χ2n) is 7.70. The third-order valence-electron chi connectivity index (χ3n) is 5.95. The summed E-state index contributed by atoms with van der Waals surface area (Å²) in [5.74, 6) is 0. The lowest BCUT2D eigenvalue weighted by Crippen LogP contribution is -2.35. The maximum Gasteiger partial charge on any atom is 0.107 e. The van der Waals surface area contributed by atoms with Gasteiger partial charge in [0.2, 0.25) is 0 Å². The van der Waals surface area contributed by atoms with Gasteiger partial charge < -0.3 is 5.32 Å². The lowest BCUT2D eigenvalue weighted by Gasteiger charge is -2.29. The number of hydrogen-bond acceptors (Lipinski definition) is 6. The molecule has 7 heteroatoms. The van der Waals surface area contributed by atoms with Gasteiger partial charge in [-0.15, -0.1) is 35.1 Å². The van der Waals surface area contributed by atoms with Gasteiger partial charge in [0.15, 0.2) is 0 Å². The normalized spacial score (nSPS) is 20.9. The molecule has 2 aromatic heterocycles. The average Bonchev–Trinajstić information content (AvgIpc) is 3.00. The molecule has 144 valence electrons. The van der Waals surface area contributed by atoms with Crippen molar-refractivity contribution in [2.45, 2.75) is 45.3 Å². The number of fused-ring (bicyclic) bond motifs is 1. The van der Waals surface area contributed by atoms with Crippen LogP contribution in [0.1, 0.15) is 34.8 Å². The van der Waals surface area contributed by atoms with Crippen molar-refractivity contribution in [3.05, 3.63) is 45.4 Å². The number of halogens is 1. The molecule has 1 N–H and O–H groups in total. The summed E-state index contributed by atoms with van der Waals surface area (Å²) < 4.78 is 1.31. The van der Waals surface area contributed by atoms with E-state index in [9.17, 15) is 0 Å². The molecule has 3 heterocycles. The molecule has 1 saturated carbocycles. The van der Waals surface area contributed by atoms with Crippen molar-refractivity contribution in [1.29, 1.82) is 0 Å². The quantitative estimate of drug-likeness (QED) is 0.653. The average molecular weight is 421 g/mol. The molecule has 1 atom stereocenters. The van der Waals surface area contributed by atoms with Gasteiger partial charge in [-0.1, -0.05) is 6.07 Å². The highest BCUT2D eigenvalue weighted by molar-refractivity contribution is 7.18. The standard InChI is InChI=1S/C20H24N4S2.ClH/c1-14-23-16-3-2-15(10-17(16)26-14)12-24(13-19-22-8-9-25-19)18-11-20(18)4-6-21-7-5-20;/h2-3,8-10,18,21H,4-7,11-13H2,1H3;1H. The molecule has 0 amide bonds. The maximum absolute atomic E-state index is 4.60. The Bertz CT molecular complexity index is 902. The van der Waals surface area contributed by atoms with Crippen LogP contribution in [0.3, 0.4) is 0 Å². The van der Waals surface area contributed by atoms with Crippen LogP contribution in [-0.4, -0.2) is 34.0 Å². The van der Waals surface area contributed by atoms with Crippen LogP contribution in [0.15, 0.2) is 29.8 Å². The Hall–Kier alpha value is -1.05. The number of aryl methyl sites for hydroxylation is 1. The minimum absolute atomic E-state index is 0. The van der Waals surface area contributed by atoms with Gasteiger partial charge in [0.05, 0.1) is 21.8 Å². The predicted octanol–water partition coefficient (Wildman–Crippen LogP) is 4.63. The van der Waals surface area contributed by atoms with Gasteiger partial charge in [-0.3, -0.25) is 4.90 Å². The fraction of sp³-hybridized carbons (Fsp3) is 0.500. The first-order valence-electron chi connectivity index (χ1n) is 9.41. The molecule has 2 aliphatic rings. The largest absolute Gasteiger partial charge is 0.317 e. The van der Waals surface area contributed by atoms with Crippen molar-refractivity contribution < 1.29 is 0 Å². The van der Waals surface area contributed by atoms with E-state index in [0.717, 1.165) is 23.6 Å². The molecule has 1 saturated heterocycles. The van der Waals surface area contributed by atoms with Gasteiger partial charge in [-0.05, 0) is 62.4 Å². The van der Waals surface area contributed by atoms with Gasteiger partial charge in [-0.25, -0.2) is 9.97 Å². The van der Waals surface area contributed by atoms with E-state index in [1.807, 2.05) is 6.20 Å². The number of nitrogens with zero attached hydrogens (tertiary/aromatic N) is 3. The summed E-state index contributed by atoms with van der Waals surface area (Å²) in [5.41, 5.74) is 3.07. The Morgan fingerprint density at radius 2 is 2.11 bits per heavy atom. The first-order chi connectivity index (χ1) is 12.7. The summed E-state index contributed by atoms with van der Waals surface area (Å²) in [7, 11) is 0. The molecule has 5 rings (SSSR count). The van der Waals surface area contributed by atoms with Gasteiger partial charge in [0.25, 0.3) is 0 Å². The minimum atomic E-state index is 0. The van der Waals surface area contributed by atoms with Crippen molar-refractivity contribution in [2.75, 3.05) is 13.1 Å². The zero-order chi connectivity index (χ0) is 17.6. The van der Waals surface area contributed by atoms with E-state index in [-0.39, 0.29) is 12.4 Å². The highest BCUT2D eigenvalue weighted by Gasteiger charge is 2.56. The Morgan fingerprint density at radius 1 is 1.26 bits per heavy atom. The maximum atomic E-state index is 4.60. The molecular weight excluding hydrogens is 396 g/mol. The summed E-state index contributed by atoms with van der Waals surface area (Å²) in [5, 5.41) is 7.99. The number of rotatable bonds is 5. The molecule has 0 bridgehead atoms. The highest BCUT2D eigenvalue weighted by atomic mass is 35.5. The van der Waals surface area contributed by atoms with Crippen LogP contribution in [0.4, 0.5) is 0 Å². The number of piperidine rings is 1. The molecule has 1 aliphatic heterocycles. The summed E-state index contributed by atoms with van der Waals surface area (Å²) in [6.45, 7) is 6.41. The van der Waals surface area contributed by atoms with E-state index in [2.05, 4.69) is 50.7 Å². The number of benzene rings is 1. The van der Waals surface area contributed by atoms with Crippen LogP contribution in [0.2, 0.25) is 0 Å². The van der Waals surface area contributed by atoms with Crippen molar-refractivity contribution in [2.24, 2.45) is 5.41 Å². The Balaban J connectivity index is 0.00000180. The Labute approximate surface area is 174 Å².